The number of hydrogen-bond acceptors (Lipinski definition) is 6. The van der Waals surface area contributed by atoms with Gasteiger partial charge in [-0.05, 0) is 43.4 Å². The van der Waals surface area contributed by atoms with Crippen molar-refractivity contribution >= 4 is 17.8 Å². The van der Waals surface area contributed by atoms with Gasteiger partial charge in [-0.2, -0.15) is 0 Å². The van der Waals surface area contributed by atoms with Crippen molar-refractivity contribution in [3.05, 3.63) is 53.2 Å². The van der Waals surface area contributed by atoms with Gasteiger partial charge in [0.05, 0.1) is 24.2 Å². The first-order chi connectivity index (χ1) is 12.6. The number of nitroso groups, excluding NO2 is 1. The molecule has 7 nitrogen and oxygen atoms in total. The fourth-order valence-corrected chi connectivity index (χ4v) is 3.00. The van der Waals surface area contributed by atoms with Crippen LogP contribution in [-0.2, 0) is 4.79 Å². The Bertz CT molecular complexity index is 814. The maximum atomic E-state index is 11.0. The van der Waals surface area contributed by atoms with Crippen LogP contribution < -0.4 is 5.32 Å². The van der Waals surface area contributed by atoms with Gasteiger partial charge >= 0.3 is 5.91 Å². The van der Waals surface area contributed by atoms with Gasteiger partial charge in [0.1, 0.15) is 5.82 Å². The van der Waals surface area contributed by atoms with Gasteiger partial charge in [0.25, 0.3) is 0 Å². The molecule has 0 saturated heterocycles. The second kappa shape index (κ2) is 8.44. The Hall–Kier alpha value is -2.93. The maximum Gasteiger partial charge on any atom is 0.309 e. The molecule has 1 aliphatic rings. The summed E-state index contributed by atoms with van der Waals surface area (Å²) in [7, 11) is 0. The summed E-state index contributed by atoms with van der Waals surface area (Å²) in [6.07, 6.45) is 9.26. The summed E-state index contributed by atoms with van der Waals surface area (Å²) in [4.78, 5) is 30.0. The van der Waals surface area contributed by atoms with Crippen LogP contribution >= 0.6 is 0 Å². The van der Waals surface area contributed by atoms with Crippen molar-refractivity contribution in [3.63, 3.8) is 0 Å². The minimum atomic E-state index is -0.820. The Morgan fingerprint density at radius 2 is 2.04 bits per heavy atom. The zero-order valence-corrected chi connectivity index (χ0v) is 14.2. The average molecular weight is 352 g/mol. The smallest absolute Gasteiger partial charge is 0.309 e. The number of aliphatic hydroxyl groups excluding tert-OH is 1. The highest BCUT2D eigenvalue weighted by Crippen LogP contribution is 2.23. The van der Waals surface area contributed by atoms with E-state index in [1.165, 1.54) is 6.08 Å². The van der Waals surface area contributed by atoms with Gasteiger partial charge < -0.3 is 10.4 Å². The van der Waals surface area contributed by atoms with Gasteiger partial charge in [-0.1, -0.05) is 18.2 Å². The number of aromatic nitrogens is 2. The molecule has 1 aromatic carbocycles. The van der Waals surface area contributed by atoms with Crippen LogP contribution in [0.4, 0.5) is 5.82 Å². The minimum absolute atomic E-state index is 0.192. The van der Waals surface area contributed by atoms with Crippen molar-refractivity contribution in [1.82, 2.24) is 9.97 Å². The second-order valence-corrected chi connectivity index (χ2v) is 6.33. The molecule has 7 heteroatoms. The second-order valence-electron chi connectivity index (χ2n) is 6.33. The summed E-state index contributed by atoms with van der Waals surface area (Å²) in [5.74, 6) is -0.121. The van der Waals surface area contributed by atoms with E-state index in [2.05, 4.69) is 20.5 Å². The molecular weight excluding hydrogens is 332 g/mol. The number of benzene rings is 1. The van der Waals surface area contributed by atoms with Gasteiger partial charge in [-0.3, -0.25) is 9.78 Å². The lowest BCUT2D eigenvalue weighted by Crippen LogP contribution is -2.28. The summed E-state index contributed by atoms with van der Waals surface area (Å²) < 4.78 is 0. The number of hydrogen-bond donors (Lipinski definition) is 2. The summed E-state index contributed by atoms with van der Waals surface area (Å²) in [6.45, 7) is 0. The summed E-state index contributed by atoms with van der Waals surface area (Å²) in [5, 5.41) is 15.3. The lowest BCUT2D eigenvalue weighted by molar-refractivity contribution is -0.113. The van der Waals surface area contributed by atoms with Crippen LogP contribution in [0.1, 0.15) is 31.2 Å². The third-order valence-electron chi connectivity index (χ3n) is 4.37. The predicted octanol–water partition coefficient (Wildman–Crippen LogP) is 3.17. The van der Waals surface area contributed by atoms with Gasteiger partial charge in [-0.15, -0.1) is 4.91 Å². The van der Waals surface area contributed by atoms with E-state index >= 15 is 0 Å². The molecule has 2 aromatic rings. The maximum absolute atomic E-state index is 11.0. The fourth-order valence-electron chi connectivity index (χ4n) is 3.00. The Labute approximate surface area is 151 Å². The number of aliphatic hydroxyl groups is 1. The van der Waals surface area contributed by atoms with Crippen LogP contribution in [0.15, 0.2) is 47.9 Å². The van der Waals surface area contributed by atoms with E-state index in [9.17, 15) is 14.8 Å². The van der Waals surface area contributed by atoms with Crippen LogP contribution in [0, 0.1) is 4.91 Å². The van der Waals surface area contributed by atoms with Gasteiger partial charge in [0.2, 0.25) is 0 Å². The van der Waals surface area contributed by atoms with Crippen molar-refractivity contribution in [2.75, 3.05) is 5.32 Å². The summed E-state index contributed by atoms with van der Waals surface area (Å²) >= 11 is 0. The largest absolute Gasteiger partial charge is 0.393 e. The van der Waals surface area contributed by atoms with E-state index in [-0.39, 0.29) is 6.10 Å². The topological polar surface area (TPSA) is 105 Å². The Balaban J connectivity index is 1.74. The minimum Gasteiger partial charge on any atom is -0.393 e. The molecular formula is C19H20N4O3. The van der Waals surface area contributed by atoms with E-state index in [1.807, 2.05) is 24.3 Å². The monoisotopic (exact) mass is 352 g/mol. The first kappa shape index (κ1) is 17.9. The number of carbonyl (C=O) groups excluding carboxylic acids is 1. The Kier molecular flexibility index (Phi) is 5.80. The highest BCUT2D eigenvalue weighted by molar-refractivity contribution is 5.92. The lowest BCUT2D eigenvalue weighted by atomic mass is 9.93. The van der Waals surface area contributed by atoms with E-state index in [4.69, 9.17) is 0 Å². The van der Waals surface area contributed by atoms with E-state index in [0.717, 1.165) is 42.9 Å². The van der Waals surface area contributed by atoms with Crippen molar-refractivity contribution in [1.29, 1.82) is 0 Å². The summed E-state index contributed by atoms with van der Waals surface area (Å²) in [6, 6.07) is 7.72. The Morgan fingerprint density at radius 3 is 2.81 bits per heavy atom. The molecule has 0 unspecified atom stereocenters. The van der Waals surface area contributed by atoms with Crippen LogP contribution in [0.5, 0.6) is 0 Å². The van der Waals surface area contributed by atoms with Crippen molar-refractivity contribution in [2.45, 2.75) is 37.8 Å². The van der Waals surface area contributed by atoms with Crippen LogP contribution in [-0.4, -0.2) is 33.1 Å². The van der Waals surface area contributed by atoms with Crippen molar-refractivity contribution in [3.8, 4) is 11.3 Å². The molecule has 26 heavy (non-hydrogen) atoms. The molecule has 0 spiro atoms. The first-order valence-corrected chi connectivity index (χ1v) is 8.56. The molecule has 1 aliphatic carbocycles. The molecule has 1 aromatic heterocycles. The quantitative estimate of drug-likeness (QED) is 0.633. The highest BCUT2D eigenvalue weighted by Gasteiger charge is 2.19. The molecule has 1 amide bonds. The molecule has 3 rings (SSSR count). The van der Waals surface area contributed by atoms with Gasteiger partial charge in [-0.25, -0.2) is 4.98 Å². The zero-order valence-electron chi connectivity index (χ0n) is 14.2. The Morgan fingerprint density at radius 1 is 1.23 bits per heavy atom. The third kappa shape index (κ3) is 4.80. The molecule has 0 radical (unpaired) electrons. The SMILES string of the molecule is O=NC(=O)/C=C/c1cccc(-c2cncc(NC3CCC(O)CC3)n2)c1. The van der Waals surface area contributed by atoms with Crippen LogP contribution in [0.25, 0.3) is 17.3 Å². The molecule has 0 atom stereocenters. The number of nitrogens with one attached hydrogen (secondary N) is 1. The molecule has 1 heterocycles. The van der Waals surface area contributed by atoms with E-state index in [1.54, 1.807) is 12.4 Å². The standard InChI is InChI=1S/C19H20N4O3/c24-16-7-5-15(6-8-16)21-18-12-20-11-17(22-18)14-3-1-2-13(10-14)4-9-19(25)23-26/h1-4,9-12,15-16,24H,5-8H2,(H,21,22)/b9-4+. The van der Waals surface area contributed by atoms with Crippen molar-refractivity contribution < 1.29 is 9.90 Å². The molecule has 1 fully saturated rings. The molecule has 0 aliphatic heterocycles. The average Bonchev–Trinajstić information content (AvgIpc) is 2.68. The third-order valence-corrected chi connectivity index (χ3v) is 4.37. The lowest BCUT2D eigenvalue weighted by Gasteiger charge is -2.26. The van der Waals surface area contributed by atoms with E-state index < -0.39 is 5.91 Å². The highest BCUT2D eigenvalue weighted by atomic mass is 16.3. The molecule has 1 saturated carbocycles. The van der Waals surface area contributed by atoms with Gasteiger partial charge in [0, 0.05) is 22.9 Å². The van der Waals surface area contributed by atoms with Crippen LogP contribution in [0.3, 0.4) is 0 Å². The summed E-state index contributed by atoms with van der Waals surface area (Å²) in [5.41, 5.74) is 2.33. The normalized spacial score (nSPS) is 20.0. The number of nitrogens with zero attached hydrogens (tertiary/aromatic N) is 3. The molecule has 2 N–H and O–H groups in total. The number of carbonyl (C=O) groups is 1. The molecule has 0 bridgehead atoms. The van der Waals surface area contributed by atoms with E-state index in [0.29, 0.717) is 17.6 Å². The van der Waals surface area contributed by atoms with Gasteiger partial charge in [0.15, 0.2) is 0 Å². The fraction of sp³-hybridized carbons (Fsp3) is 0.316. The predicted molar refractivity (Wildman–Crippen MR) is 99.2 cm³/mol. The molecule has 134 valence electrons. The van der Waals surface area contributed by atoms with Crippen LogP contribution in [0.2, 0.25) is 0 Å². The zero-order chi connectivity index (χ0) is 18.4. The number of rotatable bonds is 5. The first-order valence-electron chi connectivity index (χ1n) is 8.56. The number of amides is 1. The van der Waals surface area contributed by atoms with Crippen molar-refractivity contribution in [2.24, 2.45) is 5.18 Å². The number of anilines is 1.